The van der Waals surface area contributed by atoms with E-state index in [0.717, 1.165) is 29.4 Å². The number of nitrogens with one attached hydrogen (secondary N) is 5. The van der Waals surface area contributed by atoms with Crippen LogP contribution in [0.5, 0.6) is 0 Å². The summed E-state index contributed by atoms with van der Waals surface area (Å²) in [5, 5.41) is 21.9. The molecule has 1 aliphatic rings. The number of aromatic nitrogens is 1. The van der Waals surface area contributed by atoms with Crippen LogP contribution in [0.15, 0.2) is 30.5 Å². The van der Waals surface area contributed by atoms with Crippen molar-refractivity contribution in [3.05, 3.63) is 36.0 Å². The van der Waals surface area contributed by atoms with Crippen molar-refractivity contribution in [1.29, 1.82) is 0 Å². The van der Waals surface area contributed by atoms with Gasteiger partial charge in [-0.3, -0.25) is 14.4 Å². The lowest BCUT2D eigenvalue weighted by atomic mass is 10.0. The van der Waals surface area contributed by atoms with Crippen LogP contribution in [0.25, 0.3) is 10.9 Å². The molecule has 4 atom stereocenters. The average molecular weight is 561 g/mol. The molecule has 3 amide bonds. The summed E-state index contributed by atoms with van der Waals surface area (Å²) >= 11 is 1.49. The number of unbranched alkanes of at least 4 members (excludes halogenated alkanes) is 1. The number of aromatic amines is 1. The van der Waals surface area contributed by atoms with E-state index < -0.39 is 35.9 Å². The van der Waals surface area contributed by atoms with Crippen molar-refractivity contribution in [2.45, 2.75) is 69.1 Å². The van der Waals surface area contributed by atoms with Crippen LogP contribution in [0.1, 0.15) is 44.1 Å². The van der Waals surface area contributed by atoms with Crippen molar-refractivity contribution >= 4 is 46.4 Å². The molecule has 1 aromatic heterocycles. The second-order valence-corrected chi connectivity index (χ2v) is 10.8. The molecule has 0 saturated carbocycles. The van der Waals surface area contributed by atoms with Crippen molar-refractivity contribution < 1.29 is 24.3 Å². The first-order valence-corrected chi connectivity index (χ1v) is 14.8. The van der Waals surface area contributed by atoms with Gasteiger partial charge in [0, 0.05) is 23.5 Å². The number of hydrogen-bond acceptors (Lipinski definition) is 7. The van der Waals surface area contributed by atoms with E-state index in [1.54, 1.807) is 0 Å². The number of hydrogen-bond donors (Lipinski definition) is 7. The standard InChI is InChI=1S/C27H40N6O5S/c1-39-14-11-22(27(37)38)32-25(35)21(9-4-5-12-28)31-26(36)23(33-24(34)20-10-6-13-29-20)15-17-16-30-19-8-3-2-7-18(17)19/h2-3,7-8,16,20-23,29-30H,4-6,9-15,28H2,1H3,(H,31,36)(H,32,35)(H,33,34)(H,37,38). The molecule has 2 aromatic rings. The molecule has 0 bridgehead atoms. The largest absolute Gasteiger partial charge is 0.480 e. The van der Waals surface area contributed by atoms with E-state index in [1.807, 2.05) is 36.7 Å². The van der Waals surface area contributed by atoms with Crippen molar-refractivity contribution in [3.63, 3.8) is 0 Å². The van der Waals surface area contributed by atoms with Crippen LogP contribution in [-0.2, 0) is 25.6 Å². The van der Waals surface area contributed by atoms with Crippen molar-refractivity contribution in [1.82, 2.24) is 26.3 Å². The van der Waals surface area contributed by atoms with Gasteiger partial charge in [-0.25, -0.2) is 4.79 Å². The lowest BCUT2D eigenvalue weighted by molar-refractivity contribution is -0.142. The first-order chi connectivity index (χ1) is 18.8. The van der Waals surface area contributed by atoms with Gasteiger partial charge in [-0.05, 0) is 75.3 Å². The van der Waals surface area contributed by atoms with E-state index in [9.17, 15) is 24.3 Å². The van der Waals surface area contributed by atoms with Gasteiger partial charge in [-0.15, -0.1) is 0 Å². The summed E-state index contributed by atoms with van der Waals surface area (Å²) in [6.07, 6.45) is 7.24. The van der Waals surface area contributed by atoms with Gasteiger partial charge >= 0.3 is 5.97 Å². The Labute approximate surface area is 232 Å². The van der Waals surface area contributed by atoms with E-state index >= 15 is 0 Å². The van der Waals surface area contributed by atoms with Crippen LogP contribution >= 0.6 is 11.8 Å². The number of carboxylic acids is 1. The molecule has 12 heteroatoms. The van der Waals surface area contributed by atoms with Gasteiger partial charge in [-0.2, -0.15) is 11.8 Å². The monoisotopic (exact) mass is 560 g/mol. The third kappa shape index (κ3) is 8.97. The highest BCUT2D eigenvalue weighted by molar-refractivity contribution is 7.98. The Balaban J connectivity index is 1.79. The number of thioether (sulfide) groups is 1. The van der Waals surface area contributed by atoms with Crippen molar-refractivity contribution in [2.75, 3.05) is 25.1 Å². The van der Waals surface area contributed by atoms with Crippen LogP contribution in [0.2, 0.25) is 0 Å². The minimum absolute atomic E-state index is 0.219. The Kier molecular flexibility index (Phi) is 12.1. The number of aliphatic carboxylic acids is 1. The molecule has 0 spiro atoms. The van der Waals surface area contributed by atoms with Crippen LogP contribution in [0, 0.1) is 0 Å². The molecule has 0 aliphatic carbocycles. The third-order valence-corrected chi connectivity index (χ3v) is 7.56. The zero-order valence-electron chi connectivity index (χ0n) is 22.3. The number of fused-ring (bicyclic) bond motifs is 1. The number of H-pyrrole nitrogens is 1. The molecule has 214 valence electrons. The second-order valence-electron chi connectivity index (χ2n) is 9.80. The predicted octanol–water partition coefficient (Wildman–Crippen LogP) is 0.884. The summed E-state index contributed by atoms with van der Waals surface area (Å²) in [7, 11) is 0. The summed E-state index contributed by atoms with van der Waals surface area (Å²) in [6, 6.07) is 4.36. The maximum Gasteiger partial charge on any atom is 0.326 e. The third-order valence-electron chi connectivity index (χ3n) is 6.91. The topological polar surface area (TPSA) is 178 Å². The fraction of sp³-hybridized carbons (Fsp3) is 0.556. The molecule has 1 fully saturated rings. The average Bonchev–Trinajstić information content (AvgIpc) is 3.60. The normalized spacial score (nSPS) is 17.3. The lowest BCUT2D eigenvalue weighted by Crippen LogP contribution is -2.57. The number of nitrogens with two attached hydrogens (primary N) is 1. The first-order valence-electron chi connectivity index (χ1n) is 13.4. The Hall–Kier alpha value is -3.09. The van der Waals surface area contributed by atoms with Crippen molar-refractivity contribution in [3.8, 4) is 0 Å². The number of para-hydroxylation sites is 1. The van der Waals surface area contributed by atoms with Gasteiger partial charge in [0.1, 0.15) is 18.1 Å². The number of benzene rings is 1. The summed E-state index contributed by atoms with van der Waals surface area (Å²) in [5.41, 5.74) is 7.40. The summed E-state index contributed by atoms with van der Waals surface area (Å²) in [4.78, 5) is 54.7. The van der Waals surface area contributed by atoms with Crippen LogP contribution in [0.4, 0.5) is 0 Å². The first kappa shape index (κ1) is 30.5. The van der Waals surface area contributed by atoms with Crippen LogP contribution < -0.4 is 27.0 Å². The van der Waals surface area contributed by atoms with Gasteiger partial charge in [0.15, 0.2) is 0 Å². The van der Waals surface area contributed by atoms with E-state index in [0.29, 0.717) is 38.0 Å². The minimum Gasteiger partial charge on any atom is -0.480 e. The summed E-state index contributed by atoms with van der Waals surface area (Å²) in [5.74, 6) is -1.90. The van der Waals surface area contributed by atoms with E-state index in [-0.39, 0.29) is 24.8 Å². The van der Waals surface area contributed by atoms with Gasteiger partial charge in [0.25, 0.3) is 0 Å². The van der Waals surface area contributed by atoms with Gasteiger partial charge in [0.2, 0.25) is 17.7 Å². The molecular formula is C27H40N6O5S. The van der Waals surface area contributed by atoms with E-state index in [1.165, 1.54) is 11.8 Å². The van der Waals surface area contributed by atoms with E-state index in [2.05, 4.69) is 26.3 Å². The number of carbonyl (C=O) groups is 4. The number of rotatable bonds is 16. The van der Waals surface area contributed by atoms with Crippen LogP contribution in [-0.4, -0.2) is 83.0 Å². The highest BCUT2D eigenvalue weighted by Gasteiger charge is 2.31. The quantitative estimate of drug-likeness (QED) is 0.148. The van der Waals surface area contributed by atoms with Gasteiger partial charge in [0.05, 0.1) is 6.04 Å². The molecule has 39 heavy (non-hydrogen) atoms. The second kappa shape index (κ2) is 15.5. The Morgan fingerprint density at radius 1 is 1.05 bits per heavy atom. The SMILES string of the molecule is CSCCC(NC(=O)C(CCCCN)NC(=O)C(Cc1c[nH]c2ccccc12)NC(=O)C1CCCN1)C(=O)O. The van der Waals surface area contributed by atoms with Gasteiger partial charge < -0.3 is 37.1 Å². The lowest BCUT2D eigenvalue weighted by Gasteiger charge is -2.25. The number of amides is 3. The number of carbonyl (C=O) groups excluding carboxylic acids is 3. The maximum absolute atomic E-state index is 13.6. The Bertz CT molecular complexity index is 1120. The fourth-order valence-corrected chi connectivity index (χ4v) is 5.18. The molecule has 0 radical (unpaired) electrons. The maximum atomic E-state index is 13.6. The highest BCUT2D eigenvalue weighted by atomic mass is 32.2. The molecule has 11 nitrogen and oxygen atoms in total. The molecule has 8 N–H and O–H groups in total. The Morgan fingerprint density at radius 3 is 2.49 bits per heavy atom. The van der Waals surface area contributed by atoms with E-state index in [4.69, 9.17) is 5.73 Å². The Morgan fingerprint density at radius 2 is 1.79 bits per heavy atom. The molecule has 1 aromatic carbocycles. The molecule has 1 aliphatic heterocycles. The molecule has 1 saturated heterocycles. The molecule has 2 heterocycles. The highest BCUT2D eigenvalue weighted by Crippen LogP contribution is 2.20. The zero-order chi connectivity index (χ0) is 28.2. The summed E-state index contributed by atoms with van der Waals surface area (Å²) < 4.78 is 0. The van der Waals surface area contributed by atoms with Crippen molar-refractivity contribution in [2.24, 2.45) is 5.73 Å². The summed E-state index contributed by atoms with van der Waals surface area (Å²) in [6.45, 7) is 1.17. The number of carboxylic acid groups (broad SMARTS) is 1. The molecular weight excluding hydrogens is 520 g/mol. The fourth-order valence-electron chi connectivity index (χ4n) is 4.71. The zero-order valence-corrected chi connectivity index (χ0v) is 23.1. The van der Waals surface area contributed by atoms with Crippen LogP contribution in [0.3, 0.4) is 0 Å². The molecule has 4 unspecified atom stereocenters. The minimum atomic E-state index is -1.13. The predicted molar refractivity (Wildman–Crippen MR) is 152 cm³/mol. The smallest absolute Gasteiger partial charge is 0.326 e. The molecule has 3 rings (SSSR count). The van der Waals surface area contributed by atoms with Gasteiger partial charge in [-0.1, -0.05) is 18.2 Å².